The predicted molar refractivity (Wildman–Crippen MR) is 81.3 cm³/mol. The van der Waals surface area contributed by atoms with Crippen molar-refractivity contribution in [2.75, 3.05) is 6.54 Å². The van der Waals surface area contributed by atoms with Gasteiger partial charge in [-0.05, 0) is 38.2 Å². The van der Waals surface area contributed by atoms with Crippen LogP contribution in [0.3, 0.4) is 0 Å². The summed E-state index contributed by atoms with van der Waals surface area (Å²) < 4.78 is 0. The summed E-state index contributed by atoms with van der Waals surface area (Å²) in [5.41, 5.74) is 2.39. The van der Waals surface area contributed by atoms with E-state index in [1.54, 1.807) is 4.90 Å². The Morgan fingerprint density at radius 1 is 1.52 bits per heavy atom. The number of carbonyl (C=O) groups is 3. The second kappa shape index (κ2) is 8.39. The van der Waals surface area contributed by atoms with Crippen LogP contribution in [-0.2, 0) is 14.4 Å². The standard InChI is InChI=1S/C16H24N2O3/c1-12-4-5-13(2)15(8-12)9-18(11-20)14(3)6-7-16(21)17-10-19/h5,8,10-12,14H,4,6-7,9H2,1-3H3,(H,17,19,21). The van der Waals surface area contributed by atoms with Crippen molar-refractivity contribution in [3.8, 4) is 0 Å². The fourth-order valence-corrected chi connectivity index (χ4v) is 2.35. The van der Waals surface area contributed by atoms with E-state index >= 15 is 0 Å². The Morgan fingerprint density at radius 2 is 2.24 bits per heavy atom. The Kier molecular flexibility index (Phi) is 6.85. The monoisotopic (exact) mass is 292 g/mol. The van der Waals surface area contributed by atoms with E-state index in [2.05, 4.69) is 31.3 Å². The summed E-state index contributed by atoms with van der Waals surface area (Å²) in [6, 6.07) is -0.0502. The van der Waals surface area contributed by atoms with Gasteiger partial charge in [-0.2, -0.15) is 0 Å². The second-order valence-corrected chi connectivity index (χ2v) is 5.64. The Hall–Kier alpha value is -1.91. The highest BCUT2D eigenvalue weighted by molar-refractivity contribution is 5.85. The van der Waals surface area contributed by atoms with Gasteiger partial charge in [0.25, 0.3) is 0 Å². The molecule has 0 saturated heterocycles. The zero-order valence-corrected chi connectivity index (χ0v) is 13.0. The maximum atomic E-state index is 11.3. The third-order valence-electron chi connectivity index (χ3n) is 3.85. The van der Waals surface area contributed by atoms with Gasteiger partial charge in [-0.3, -0.25) is 19.7 Å². The van der Waals surface area contributed by atoms with Gasteiger partial charge in [0.2, 0.25) is 18.7 Å². The minimum absolute atomic E-state index is 0.0502. The number of imide groups is 1. The highest BCUT2D eigenvalue weighted by Crippen LogP contribution is 2.23. The topological polar surface area (TPSA) is 66.5 Å². The van der Waals surface area contributed by atoms with Crippen molar-refractivity contribution in [2.45, 2.75) is 46.1 Å². The molecule has 0 bridgehead atoms. The summed E-state index contributed by atoms with van der Waals surface area (Å²) in [5, 5.41) is 2.11. The van der Waals surface area contributed by atoms with Gasteiger partial charge >= 0.3 is 0 Å². The third kappa shape index (κ3) is 5.53. The summed E-state index contributed by atoms with van der Waals surface area (Å²) in [5.74, 6) is 0.176. The van der Waals surface area contributed by atoms with Crippen molar-refractivity contribution >= 4 is 18.7 Å². The summed E-state index contributed by atoms with van der Waals surface area (Å²) in [6.45, 7) is 6.69. The third-order valence-corrected chi connectivity index (χ3v) is 3.85. The highest BCUT2D eigenvalue weighted by Gasteiger charge is 2.17. The Bertz CT molecular complexity index is 454. The fourth-order valence-electron chi connectivity index (χ4n) is 2.35. The molecule has 2 unspecified atom stereocenters. The molecule has 0 heterocycles. The predicted octanol–water partition coefficient (Wildman–Crippen LogP) is 1.80. The van der Waals surface area contributed by atoms with Crippen molar-refractivity contribution in [3.05, 3.63) is 23.3 Å². The molecule has 0 aromatic carbocycles. The van der Waals surface area contributed by atoms with Crippen LogP contribution in [0.1, 0.15) is 40.0 Å². The molecule has 21 heavy (non-hydrogen) atoms. The zero-order chi connectivity index (χ0) is 15.8. The fraction of sp³-hybridized carbons (Fsp3) is 0.562. The Labute approximate surface area is 126 Å². The van der Waals surface area contributed by atoms with Gasteiger partial charge in [0, 0.05) is 19.0 Å². The molecular formula is C16H24N2O3. The van der Waals surface area contributed by atoms with E-state index < -0.39 is 0 Å². The number of nitrogens with zero attached hydrogens (tertiary/aromatic N) is 1. The summed E-state index contributed by atoms with van der Waals surface area (Å²) in [4.78, 5) is 34.4. The van der Waals surface area contributed by atoms with Crippen LogP contribution in [-0.4, -0.2) is 36.2 Å². The lowest BCUT2D eigenvalue weighted by Gasteiger charge is -2.28. The van der Waals surface area contributed by atoms with Crippen molar-refractivity contribution in [3.63, 3.8) is 0 Å². The Morgan fingerprint density at radius 3 is 2.86 bits per heavy atom. The van der Waals surface area contributed by atoms with E-state index in [0.717, 1.165) is 12.8 Å². The molecule has 0 spiro atoms. The first-order chi connectivity index (χ1) is 9.97. The molecule has 1 aliphatic carbocycles. The maximum Gasteiger partial charge on any atom is 0.226 e. The van der Waals surface area contributed by atoms with Gasteiger partial charge in [-0.15, -0.1) is 0 Å². The smallest absolute Gasteiger partial charge is 0.226 e. The number of amides is 3. The van der Waals surface area contributed by atoms with Crippen molar-refractivity contribution in [2.24, 2.45) is 5.92 Å². The molecule has 0 aromatic rings. The molecule has 1 N–H and O–H groups in total. The van der Waals surface area contributed by atoms with Crippen LogP contribution in [0.15, 0.2) is 23.3 Å². The van der Waals surface area contributed by atoms with Crippen LogP contribution in [0.5, 0.6) is 0 Å². The van der Waals surface area contributed by atoms with Gasteiger partial charge in [-0.25, -0.2) is 0 Å². The van der Waals surface area contributed by atoms with Crippen LogP contribution >= 0.6 is 0 Å². The number of rotatable bonds is 8. The second-order valence-electron chi connectivity index (χ2n) is 5.64. The van der Waals surface area contributed by atoms with E-state index in [1.807, 2.05) is 6.92 Å². The van der Waals surface area contributed by atoms with Gasteiger partial charge < -0.3 is 4.90 Å². The number of carbonyl (C=O) groups excluding carboxylic acids is 3. The molecule has 0 aromatic heterocycles. The molecule has 0 saturated carbocycles. The van der Waals surface area contributed by atoms with Crippen molar-refractivity contribution < 1.29 is 14.4 Å². The molecule has 3 amide bonds. The molecule has 5 nitrogen and oxygen atoms in total. The van der Waals surface area contributed by atoms with Crippen molar-refractivity contribution in [1.29, 1.82) is 0 Å². The first-order valence-corrected chi connectivity index (χ1v) is 7.29. The maximum absolute atomic E-state index is 11.3. The molecule has 0 aliphatic heterocycles. The molecule has 0 radical (unpaired) electrons. The van der Waals surface area contributed by atoms with E-state index in [9.17, 15) is 14.4 Å². The molecule has 2 atom stereocenters. The average molecular weight is 292 g/mol. The van der Waals surface area contributed by atoms with Gasteiger partial charge in [0.05, 0.1) is 0 Å². The Balaban J connectivity index is 2.57. The van der Waals surface area contributed by atoms with Crippen LogP contribution in [0, 0.1) is 5.92 Å². The molecule has 0 fully saturated rings. The lowest BCUT2D eigenvalue weighted by Crippen LogP contribution is -2.35. The number of hydrogen-bond donors (Lipinski definition) is 1. The summed E-state index contributed by atoms with van der Waals surface area (Å²) in [6.07, 6.45) is 7.42. The van der Waals surface area contributed by atoms with E-state index in [4.69, 9.17) is 0 Å². The van der Waals surface area contributed by atoms with Crippen molar-refractivity contribution in [1.82, 2.24) is 10.2 Å². The summed E-state index contributed by atoms with van der Waals surface area (Å²) >= 11 is 0. The van der Waals surface area contributed by atoms with Crippen LogP contribution < -0.4 is 5.32 Å². The average Bonchev–Trinajstić information content (AvgIpc) is 2.46. The molecule has 116 valence electrons. The first kappa shape index (κ1) is 17.1. The zero-order valence-electron chi connectivity index (χ0n) is 13.0. The minimum atomic E-state index is -0.315. The number of hydrogen-bond acceptors (Lipinski definition) is 3. The first-order valence-electron chi connectivity index (χ1n) is 7.29. The minimum Gasteiger partial charge on any atom is -0.338 e. The largest absolute Gasteiger partial charge is 0.338 e. The molecule has 1 aliphatic rings. The SMILES string of the molecule is CC1=CCC(C)C=C1CN(C=O)C(C)CCC(=O)NC=O. The van der Waals surface area contributed by atoms with E-state index in [1.165, 1.54) is 11.1 Å². The number of nitrogens with one attached hydrogen (secondary N) is 1. The number of allylic oxidation sites excluding steroid dienone is 2. The highest BCUT2D eigenvalue weighted by atomic mass is 16.2. The van der Waals surface area contributed by atoms with Gasteiger partial charge in [0.1, 0.15) is 0 Å². The van der Waals surface area contributed by atoms with Gasteiger partial charge in [-0.1, -0.05) is 24.6 Å². The van der Waals surface area contributed by atoms with E-state index in [-0.39, 0.29) is 18.4 Å². The molecule has 1 rings (SSSR count). The quantitative estimate of drug-likeness (QED) is 0.694. The van der Waals surface area contributed by atoms with Gasteiger partial charge in [0.15, 0.2) is 0 Å². The normalized spacial score (nSPS) is 19.1. The van der Waals surface area contributed by atoms with Crippen LogP contribution in [0.4, 0.5) is 0 Å². The molecule has 5 heteroatoms. The van der Waals surface area contributed by atoms with E-state index in [0.29, 0.717) is 25.3 Å². The summed E-state index contributed by atoms with van der Waals surface area (Å²) in [7, 11) is 0. The van der Waals surface area contributed by atoms with Crippen LogP contribution in [0.2, 0.25) is 0 Å². The molecular weight excluding hydrogens is 268 g/mol. The lowest BCUT2D eigenvalue weighted by atomic mass is 9.92. The van der Waals surface area contributed by atoms with Crippen LogP contribution in [0.25, 0.3) is 0 Å². The lowest BCUT2D eigenvalue weighted by molar-refractivity contribution is -0.126.